The van der Waals surface area contributed by atoms with Crippen molar-refractivity contribution in [1.82, 2.24) is 24.7 Å². The van der Waals surface area contributed by atoms with Gasteiger partial charge in [-0.2, -0.15) is 0 Å². The summed E-state index contributed by atoms with van der Waals surface area (Å²) in [6, 6.07) is 11.8. The molecule has 5 aromatic rings. The number of nitrogens with one attached hydrogen (secondary N) is 1. The van der Waals surface area contributed by atoms with Crippen LogP contribution in [0.4, 0.5) is 0 Å². The monoisotopic (exact) mass is 461 g/mol. The van der Waals surface area contributed by atoms with Gasteiger partial charge in [0.15, 0.2) is 11.0 Å². The summed E-state index contributed by atoms with van der Waals surface area (Å²) in [6.07, 6.45) is 3.44. The number of thioether (sulfide) groups is 1. The average molecular weight is 462 g/mol. The maximum atomic E-state index is 12.9. The highest BCUT2D eigenvalue weighted by Crippen LogP contribution is 2.32. The molecule has 160 valence electrons. The molecule has 0 spiro atoms. The Morgan fingerprint density at radius 1 is 1.22 bits per heavy atom. The van der Waals surface area contributed by atoms with E-state index in [0.717, 1.165) is 38.3 Å². The molecule has 5 rings (SSSR count). The molecular formula is C23H19N5O2S2. The largest absolute Gasteiger partial charge is 0.469 e. The SMILES string of the molecule is C=CCn1c(SCc2nc3scc(-c4ccccc4)c3c(=O)[nH]2)nnc1-c1ccoc1C. The second-order valence-electron chi connectivity index (χ2n) is 7.09. The van der Waals surface area contributed by atoms with Gasteiger partial charge in [-0.3, -0.25) is 9.36 Å². The Labute approximate surface area is 191 Å². The van der Waals surface area contributed by atoms with Crippen LogP contribution in [-0.4, -0.2) is 24.7 Å². The van der Waals surface area contributed by atoms with Gasteiger partial charge in [0.05, 0.1) is 23.0 Å². The Morgan fingerprint density at radius 2 is 2.06 bits per heavy atom. The fourth-order valence-corrected chi connectivity index (χ4v) is 5.32. The van der Waals surface area contributed by atoms with Crippen molar-refractivity contribution in [1.29, 1.82) is 0 Å². The molecule has 0 bridgehead atoms. The van der Waals surface area contributed by atoms with Crippen LogP contribution < -0.4 is 5.56 Å². The van der Waals surface area contributed by atoms with Crippen LogP contribution in [0.15, 0.2) is 75.1 Å². The molecule has 0 saturated heterocycles. The molecular weight excluding hydrogens is 442 g/mol. The highest BCUT2D eigenvalue weighted by atomic mass is 32.2. The van der Waals surface area contributed by atoms with E-state index in [9.17, 15) is 4.79 Å². The number of hydrogen-bond donors (Lipinski definition) is 1. The molecule has 0 unspecified atom stereocenters. The van der Waals surface area contributed by atoms with Crippen LogP contribution in [-0.2, 0) is 12.3 Å². The summed E-state index contributed by atoms with van der Waals surface area (Å²) in [7, 11) is 0. The van der Waals surface area contributed by atoms with Gasteiger partial charge in [0.25, 0.3) is 5.56 Å². The summed E-state index contributed by atoms with van der Waals surface area (Å²) >= 11 is 2.94. The Balaban J connectivity index is 1.44. The Morgan fingerprint density at radius 3 is 2.81 bits per heavy atom. The van der Waals surface area contributed by atoms with Gasteiger partial charge >= 0.3 is 0 Å². The Bertz CT molecular complexity index is 1460. The lowest BCUT2D eigenvalue weighted by Crippen LogP contribution is -2.11. The molecule has 0 fully saturated rings. The molecule has 0 atom stereocenters. The molecule has 4 heterocycles. The lowest BCUT2D eigenvalue weighted by atomic mass is 10.1. The molecule has 4 aromatic heterocycles. The number of nitrogens with zero attached hydrogens (tertiary/aromatic N) is 4. The zero-order valence-corrected chi connectivity index (χ0v) is 18.9. The fourth-order valence-electron chi connectivity index (χ4n) is 3.53. The summed E-state index contributed by atoms with van der Waals surface area (Å²) in [5.41, 5.74) is 2.68. The first kappa shape index (κ1) is 20.5. The first-order valence-electron chi connectivity index (χ1n) is 9.93. The van der Waals surface area contributed by atoms with Gasteiger partial charge < -0.3 is 9.40 Å². The summed E-state index contributed by atoms with van der Waals surface area (Å²) in [5, 5.41) is 12.0. The van der Waals surface area contributed by atoms with Crippen molar-refractivity contribution in [3.8, 4) is 22.5 Å². The molecule has 7 nitrogen and oxygen atoms in total. The summed E-state index contributed by atoms with van der Waals surface area (Å²) < 4.78 is 7.39. The predicted molar refractivity (Wildman–Crippen MR) is 128 cm³/mol. The summed E-state index contributed by atoms with van der Waals surface area (Å²) in [5.74, 6) is 2.57. The third kappa shape index (κ3) is 3.69. The zero-order chi connectivity index (χ0) is 22.1. The molecule has 0 aliphatic rings. The number of rotatable bonds is 7. The standard InChI is InChI=1S/C23H19N5O2S2/c1-3-10-28-20(16-9-11-30-14(16)2)26-27-23(28)32-13-18-24-21(29)19-17(12-31-22(19)25-18)15-7-5-4-6-8-15/h3-9,11-12H,1,10,13H2,2H3,(H,24,25,29). The first-order chi connectivity index (χ1) is 15.7. The van der Waals surface area contributed by atoms with Crippen LogP contribution in [0.2, 0.25) is 0 Å². The van der Waals surface area contributed by atoms with Crippen molar-refractivity contribution in [3.63, 3.8) is 0 Å². The molecule has 0 aliphatic heterocycles. The lowest BCUT2D eigenvalue weighted by Gasteiger charge is -2.07. The number of aromatic amines is 1. The number of furan rings is 1. The molecule has 0 radical (unpaired) electrons. The van der Waals surface area contributed by atoms with Crippen molar-refractivity contribution in [2.24, 2.45) is 0 Å². The number of thiophene rings is 1. The van der Waals surface area contributed by atoms with E-state index in [1.807, 2.05) is 53.3 Å². The third-order valence-electron chi connectivity index (χ3n) is 5.04. The van der Waals surface area contributed by atoms with Crippen LogP contribution in [0.25, 0.3) is 32.7 Å². The van der Waals surface area contributed by atoms with Crippen LogP contribution in [0.1, 0.15) is 11.6 Å². The van der Waals surface area contributed by atoms with Crippen molar-refractivity contribution < 1.29 is 4.42 Å². The molecule has 0 aliphatic carbocycles. The van der Waals surface area contributed by atoms with E-state index < -0.39 is 0 Å². The maximum absolute atomic E-state index is 12.9. The summed E-state index contributed by atoms with van der Waals surface area (Å²) in [6.45, 7) is 6.30. The van der Waals surface area contributed by atoms with Crippen molar-refractivity contribution in [2.75, 3.05) is 0 Å². The quantitative estimate of drug-likeness (QED) is 0.262. The number of allylic oxidation sites excluding steroid dienone is 1. The van der Waals surface area contributed by atoms with Gasteiger partial charge in [0, 0.05) is 17.5 Å². The number of hydrogen-bond acceptors (Lipinski definition) is 7. The highest BCUT2D eigenvalue weighted by Gasteiger charge is 2.18. The molecule has 32 heavy (non-hydrogen) atoms. The second-order valence-corrected chi connectivity index (χ2v) is 8.89. The van der Waals surface area contributed by atoms with E-state index in [2.05, 4.69) is 21.8 Å². The maximum Gasteiger partial charge on any atom is 0.260 e. The smallest absolute Gasteiger partial charge is 0.260 e. The van der Waals surface area contributed by atoms with Crippen LogP contribution in [0.3, 0.4) is 0 Å². The van der Waals surface area contributed by atoms with Gasteiger partial charge in [0.2, 0.25) is 0 Å². The minimum Gasteiger partial charge on any atom is -0.469 e. The third-order valence-corrected chi connectivity index (χ3v) is 6.89. The highest BCUT2D eigenvalue weighted by molar-refractivity contribution is 7.98. The molecule has 0 saturated carbocycles. The van der Waals surface area contributed by atoms with Gasteiger partial charge in [-0.1, -0.05) is 48.2 Å². The zero-order valence-electron chi connectivity index (χ0n) is 17.2. The van der Waals surface area contributed by atoms with Gasteiger partial charge in [-0.05, 0) is 18.6 Å². The van der Waals surface area contributed by atoms with Crippen LogP contribution in [0, 0.1) is 6.92 Å². The molecule has 1 N–H and O–H groups in total. The first-order valence-corrected chi connectivity index (χ1v) is 11.8. The lowest BCUT2D eigenvalue weighted by molar-refractivity contribution is 0.534. The minimum absolute atomic E-state index is 0.132. The Kier molecular flexibility index (Phi) is 5.50. The van der Waals surface area contributed by atoms with Crippen LogP contribution >= 0.6 is 23.1 Å². The molecule has 9 heteroatoms. The van der Waals surface area contributed by atoms with E-state index in [0.29, 0.717) is 23.5 Å². The van der Waals surface area contributed by atoms with Crippen molar-refractivity contribution in [2.45, 2.75) is 24.4 Å². The second kappa shape index (κ2) is 8.60. The number of H-pyrrole nitrogens is 1. The van der Waals surface area contributed by atoms with Gasteiger partial charge in [-0.25, -0.2) is 4.98 Å². The van der Waals surface area contributed by atoms with Crippen molar-refractivity contribution >= 4 is 33.3 Å². The van der Waals surface area contributed by atoms with Crippen molar-refractivity contribution in [3.05, 3.63) is 82.6 Å². The van der Waals surface area contributed by atoms with E-state index in [-0.39, 0.29) is 5.56 Å². The normalized spacial score (nSPS) is 11.3. The number of fused-ring (bicyclic) bond motifs is 1. The minimum atomic E-state index is -0.132. The topological polar surface area (TPSA) is 89.6 Å². The molecule has 0 amide bonds. The molecule has 1 aromatic carbocycles. The summed E-state index contributed by atoms with van der Waals surface area (Å²) in [4.78, 5) is 21.2. The van der Waals surface area contributed by atoms with E-state index in [1.54, 1.807) is 12.3 Å². The average Bonchev–Trinajstić information content (AvgIpc) is 3.52. The number of aromatic nitrogens is 5. The predicted octanol–water partition coefficient (Wildman–Crippen LogP) is 5.29. The van der Waals surface area contributed by atoms with E-state index in [4.69, 9.17) is 9.40 Å². The van der Waals surface area contributed by atoms with Crippen LogP contribution in [0.5, 0.6) is 0 Å². The van der Waals surface area contributed by atoms with Gasteiger partial charge in [-0.15, -0.1) is 28.1 Å². The van der Waals surface area contributed by atoms with Gasteiger partial charge in [0.1, 0.15) is 16.4 Å². The number of aryl methyl sites for hydroxylation is 1. The van der Waals surface area contributed by atoms with E-state index >= 15 is 0 Å². The Hall–Kier alpha value is -3.43. The number of benzene rings is 1. The van der Waals surface area contributed by atoms with E-state index in [1.165, 1.54) is 23.1 Å². The fraction of sp³-hybridized carbons (Fsp3) is 0.130.